The van der Waals surface area contributed by atoms with Crippen molar-refractivity contribution >= 4 is 23.2 Å². The van der Waals surface area contributed by atoms with Gasteiger partial charge in [-0.3, -0.25) is 4.79 Å². The van der Waals surface area contributed by atoms with Crippen molar-refractivity contribution in [2.75, 3.05) is 26.2 Å². The Labute approximate surface area is 165 Å². The summed E-state index contributed by atoms with van der Waals surface area (Å²) in [6, 6.07) is 14.5. The summed E-state index contributed by atoms with van der Waals surface area (Å²) >= 11 is 1.72. The Bertz CT molecular complexity index is 730. The van der Waals surface area contributed by atoms with Crippen molar-refractivity contribution in [3.05, 3.63) is 58.3 Å². The van der Waals surface area contributed by atoms with E-state index < -0.39 is 0 Å². The Morgan fingerprint density at radius 3 is 2.81 bits per heavy atom. The van der Waals surface area contributed by atoms with Gasteiger partial charge in [-0.1, -0.05) is 36.4 Å². The van der Waals surface area contributed by atoms with Gasteiger partial charge < -0.3 is 15.5 Å². The molecule has 1 fully saturated rings. The SMILES string of the molecule is CCNC(=NCc1cccs1)NCC1CC(=O)N(CCc2ccccc2)C1. The Hall–Kier alpha value is -2.34. The number of amides is 1. The smallest absolute Gasteiger partial charge is 0.223 e. The molecular formula is C21H28N4OS. The van der Waals surface area contributed by atoms with Crippen LogP contribution in [0.5, 0.6) is 0 Å². The fourth-order valence-corrected chi connectivity index (χ4v) is 3.89. The summed E-state index contributed by atoms with van der Waals surface area (Å²) in [4.78, 5) is 20.2. The molecule has 2 aromatic rings. The zero-order valence-corrected chi connectivity index (χ0v) is 16.7. The molecule has 0 aliphatic carbocycles. The third-order valence-electron chi connectivity index (χ3n) is 4.68. The predicted molar refractivity (Wildman–Crippen MR) is 112 cm³/mol. The number of nitrogens with zero attached hydrogens (tertiary/aromatic N) is 2. The number of hydrogen-bond acceptors (Lipinski definition) is 3. The van der Waals surface area contributed by atoms with Crippen LogP contribution in [0.3, 0.4) is 0 Å². The third-order valence-corrected chi connectivity index (χ3v) is 5.54. The van der Waals surface area contributed by atoms with Crippen LogP contribution in [0, 0.1) is 5.92 Å². The molecule has 1 amide bonds. The molecule has 1 aliphatic heterocycles. The second-order valence-electron chi connectivity index (χ2n) is 6.80. The minimum atomic E-state index is 0.262. The van der Waals surface area contributed by atoms with Crippen LogP contribution in [0.25, 0.3) is 0 Å². The van der Waals surface area contributed by atoms with Crippen LogP contribution in [-0.4, -0.2) is 42.9 Å². The topological polar surface area (TPSA) is 56.7 Å². The number of likely N-dealkylation sites (tertiary alicyclic amines) is 1. The molecule has 1 aromatic carbocycles. The Balaban J connectivity index is 1.45. The maximum atomic E-state index is 12.3. The molecule has 1 atom stereocenters. The largest absolute Gasteiger partial charge is 0.357 e. The van der Waals surface area contributed by atoms with Crippen molar-refractivity contribution in [2.45, 2.75) is 26.3 Å². The minimum absolute atomic E-state index is 0.262. The summed E-state index contributed by atoms with van der Waals surface area (Å²) in [5.74, 6) is 1.42. The van der Waals surface area contributed by atoms with E-state index in [-0.39, 0.29) is 5.91 Å². The molecular weight excluding hydrogens is 356 g/mol. The van der Waals surface area contributed by atoms with E-state index in [0.29, 0.717) is 18.9 Å². The number of thiophene rings is 1. The maximum absolute atomic E-state index is 12.3. The highest BCUT2D eigenvalue weighted by Gasteiger charge is 2.29. The fourth-order valence-electron chi connectivity index (χ4n) is 3.26. The summed E-state index contributed by atoms with van der Waals surface area (Å²) in [6.45, 7) is 5.95. The first kappa shape index (κ1) is 19.4. The van der Waals surface area contributed by atoms with Gasteiger partial charge in [-0.15, -0.1) is 11.3 Å². The number of aliphatic imine (C=N–C) groups is 1. The van der Waals surface area contributed by atoms with Gasteiger partial charge in [0.2, 0.25) is 5.91 Å². The highest BCUT2D eigenvalue weighted by atomic mass is 32.1. The number of nitrogens with one attached hydrogen (secondary N) is 2. The summed E-state index contributed by atoms with van der Waals surface area (Å²) in [7, 11) is 0. The number of carbonyl (C=O) groups excluding carboxylic acids is 1. The molecule has 27 heavy (non-hydrogen) atoms. The lowest BCUT2D eigenvalue weighted by atomic mass is 10.1. The molecule has 0 radical (unpaired) electrons. The van der Waals surface area contributed by atoms with Crippen LogP contribution in [0.4, 0.5) is 0 Å². The molecule has 0 spiro atoms. The van der Waals surface area contributed by atoms with E-state index >= 15 is 0 Å². The van der Waals surface area contributed by atoms with Crippen LogP contribution in [0.2, 0.25) is 0 Å². The lowest BCUT2D eigenvalue weighted by molar-refractivity contribution is -0.127. The Morgan fingerprint density at radius 1 is 1.22 bits per heavy atom. The van der Waals surface area contributed by atoms with E-state index in [1.54, 1.807) is 11.3 Å². The van der Waals surface area contributed by atoms with Crippen LogP contribution < -0.4 is 10.6 Å². The molecule has 1 unspecified atom stereocenters. The normalized spacial score (nSPS) is 17.4. The number of guanidine groups is 1. The van der Waals surface area contributed by atoms with E-state index in [0.717, 1.165) is 38.6 Å². The summed E-state index contributed by atoms with van der Waals surface area (Å²) in [5, 5.41) is 8.76. The number of carbonyl (C=O) groups is 1. The quantitative estimate of drug-likeness (QED) is 0.544. The second kappa shape index (κ2) is 10.1. The lowest BCUT2D eigenvalue weighted by Gasteiger charge is -2.18. The highest BCUT2D eigenvalue weighted by molar-refractivity contribution is 7.09. The zero-order chi connectivity index (χ0) is 18.9. The second-order valence-corrected chi connectivity index (χ2v) is 7.83. The van der Waals surface area contributed by atoms with Crippen molar-refractivity contribution in [1.29, 1.82) is 0 Å². The van der Waals surface area contributed by atoms with Crippen LogP contribution in [0.1, 0.15) is 23.8 Å². The van der Waals surface area contributed by atoms with Gasteiger partial charge in [0.25, 0.3) is 0 Å². The molecule has 1 aliphatic rings. The van der Waals surface area contributed by atoms with Crippen molar-refractivity contribution in [3.63, 3.8) is 0 Å². The standard InChI is InChI=1S/C21H28N4OS/c1-2-22-21(24-15-19-9-6-12-27-19)23-14-18-13-20(26)25(16-18)11-10-17-7-4-3-5-8-17/h3-9,12,18H,2,10-11,13-16H2,1H3,(H2,22,23,24). The lowest BCUT2D eigenvalue weighted by Crippen LogP contribution is -2.40. The molecule has 2 N–H and O–H groups in total. The van der Waals surface area contributed by atoms with E-state index in [1.807, 2.05) is 29.2 Å². The van der Waals surface area contributed by atoms with Gasteiger partial charge in [-0.05, 0) is 30.4 Å². The van der Waals surface area contributed by atoms with Crippen molar-refractivity contribution < 1.29 is 4.79 Å². The van der Waals surface area contributed by atoms with Crippen LogP contribution >= 0.6 is 11.3 Å². The zero-order valence-electron chi connectivity index (χ0n) is 15.9. The van der Waals surface area contributed by atoms with E-state index in [4.69, 9.17) is 0 Å². The van der Waals surface area contributed by atoms with E-state index in [1.165, 1.54) is 10.4 Å². The van der Waals surface area contributed by atoms with Gasteiger partial charge in [0.05, 0.1) is 6.54 Å². The maximum Gasteiger partial charge on any atom is 0.223 e. The van der Waals surface area contributed by atoms with Crippen molar-refractivity contribution in [3.8, 4) is 0 Å². The first-order valence-electron chi connectivity index (χ1n) is 9.61. The number of benzene rings is 1. The van der Waals surface area contributed by atoms with Gasteiger partial charge >= 0.3 is 0 Å². The van der Waals surface area contributed by atoms with Crippen molar-refractivity contribution in [1.82, 2.24) is 15.5 Å². The molecule has 1 saturated heterocycles. The molecule has 6 heteroatoms. The van der Waals surface area contributed by atoms with Gasteiger partial charge in [-0.25, -0.2) is 4.99 Å². The molecule has 5 nitrogen and oxygen atoms in total. The van der Waals surface area contributed by atoms with Gasteiger partial charge in [0, 0.05) is 43.4 Å². The third kappa shape index (κ3) is 6.10. The average molecular weight is 385 g/mol. The van der Waals surface area contributed by atoms with Gasteiger partial charge in [0.1, 0.15) is 0 Å². The molecule has 2 heterocycles. The molecule has 3 rings (SSSR count). The molecule has 144 valence electrons. The van der Waals surface area contributed by atoms with Crippen LogP contribution in [0.15, 0.2) is 52.8 Å². The van der Waals surface area contributed by atoms with Crippen LogP contribution in [-0.2, 0) is 17.8 Å². The summed E-state index contributed by atoms with van der Waals surface area (Å²) in [5.41, 5.74) is 1.28. The Morgan fingerprint density at radius 2 is 2.07 bits per heavy atom. The monoisotopic (exact) mass is 384 g/mol. The summed E-state index contributed by atoms with van der Waals surface area (Å²) < 4.78 is 0. The van der Waals surface area contributed by atoms with Crippen molar-refractivity contribution in [2.24, 2.45) is 10.9 Å². The molecule has 0 saturated carbocycles. The van der Waals surface area contributed by atoms with Gasteiger partial charge in [0.15, 0.2) is 5.96 Å². The first-order chi connectivity index (χ1) is 13.2. The van der Waals surface area contributed by atoms with E-state index in [9.17, 15) is 4.79 Å². The predicted octanol–water partition coefficient (Wildman–Crippen LogP) is 2.89. The highest BCUT2D eigenvalue weighted by Crippen LogP contribution is 2.17. The molecule has 1 aromatic heterocycles. The van der Waals surface area contributed by atoms with Gasteiger partial charge in [-0.2, -0.15) is 0 Å². The summed E-state index contributed by atoms with van der Waals surface area (Å²) in [6.07, 6.45) is 1.53. The number of hydrogen-bond donors (Lipinski definition) is 2. The number of rotatable bonds is 8. The Kier molecular flexibility index (Phi) is 7.27. The average Bonchev–Trinajstić information content (AvgIpc) is 3.33. The minimum Gasteiger partial charge on any atom is -0.357 e. The van der Waals surface area contributed by atoms with E-state index in [2.05, 4.69) is 46.1 Å². The fraction of sp³-hybridized carbons (Fsp3) is 0.429. The molecule has 0 bridgehead atoms. The first-order valence-corrected chi connectivity index (χ1v) is 10.5.